The van der Waals surface area contributed by atoms with E-state index in [4.69, 9.17) is 28.4 Å². The second kappa shape index (κ2) is 17.3. The minimum absolute atomic E-state index is 0.0100. The topological polar surface area (TPSA) is 174 Å². The molecule has 4 aliphatic rings. The van der Waals surface area contributed by atoms with Gasteiger partial charge in [0.15, 0.2) is 18.4 Å². The van der Waals surface area contributed by atoms with E-state index in [1.807, 2.05) is 46.7 Å². The quantitative estimate of drug-likeness (QED) is 0.191. The summed E-state index contributed by atoms with van der Waals surface area (Å²) in [5, 5.41) is 33.4. The van der Waals surface area contributed by atoms with Crippen LogP contribution in [-0.2, 0) is 42.8 Å². The van der Waals surface area contributed by atoms with E-state index in [9.17, 15) is 29.7 Å². The van der Waals surface area contributed by atoms with Crippen molar-refractivity contribution in [2.75, 3.05) is 14.1 Å². The van der Waals surface area contributed by atoms with Crippen LogP contribution in [0, 0.1) is 23.7 Å². The van der Waals surface area contributed by atoms with Crippen LogP contribution in [0.1, 0.15) is 87.0 Å². The van der Waals surface area contributed by atoms with Gasteiger partial charge in [0.25, 0.3) is 0 Å². The van der Waals surface area contributed by atoms with Crippen LogP contribution in [0.3, 0.4) is 0 Å². The molecule has 0 radical (unpaired) electrons. The first kappa shape index (κ1) is 41.0. The number of aliphatic hydroxyl groups excluding tert-OH is 3. The van der Waals surface area contributed by atoms with Crippen LogP contribution in [0.15, 0.2) is 12.2 Å². The van der Waals surface area contributed by atoms with Crippen molar-refractivity contribution >= 4 is 18.0 Å². The van der Waals surface area contributed by atoms with Gasteiger partial charge >= 0.3 is 5.97 Å². The highest BCUT2D eigenvalue weighted by molar-refractivity contribution is 5.91. The summed E-state index contributed by atoms with van der Waals surface area (Å²) in [6, 6.07) is -0.603. The number of likely N-dealkylation sites (N-methyl/N-ethyl adjacent to an activating group) is 1. The van der Waals surface area contributed by atoms with Gasteiger partial charge in [0.1, 0.15) is 30.2 Å². The lowest BCUT2D eigenvalue weighted by Crippen LogP contribution is -2.64. The molecule has 3 saturated heterocycles. The fourth-order valence-electron chi connectivity index (χ4n) is 7.96. The summed E-state index contributed by atoms with van der Waals surface area (Å²) in [5.41, 5.74) is -0.675. The molecule has 13 nitrogen and oxygen atoms in total. The molecule has 0 aromatic rings. The molecule has 0 aromatic carbocycles. The number of ketones is 1. The number of epoxide rings is 1. The van der Waals surface area contributed by atoms with Gasteiger partial charge < -0.3 is 53.4 Å². The van der Waals surface area contributed by atoms with E-state index in [1.54, 1.807) is 26.8 Å². The molecular weight excluding hydrogens is 650 g/mol. The van der Waals surface area contributed by atoms with Gasteiger partial charge in [-0.2, -0.15) is 0 Å². The molecule has 0 saturated carbocycles. The average Bonchev–Trinajstić information content (AvgIpc) is 3.74. The van der Waals surface area contributed by atoms with Crippen molar-refractivity contribution in [3.63, 3.8) is 0 Å². The Balaban J connectivity index is 1.61. The van der Waals surface area contributed by atoms with Crippen molar-refractivity contribution in [3.8, 4) is 0 Å². The summed E-state index contributed by atoms with van der Waals surface area (Å²) >= 11 is 0. The van der Waals surface area contributed by atoms with Gasteiger partial charge in [0, 0.05) is 30.6 Å². The zero-order valence-electron chi connectivity index (χ0n) is 31.2. The Hall–Kier alpha value is -1.81. The van der Waals surface area contributed by atoms with Crippen molar-refractivity contribution in [1.82, 2.24) is 4.90 Å². The molecule has 4 aliphatic heterocycles. The Kier molecular flexibility index (Phi) is 14.2. The van der Waals surface area contributed by atoms with E-state index in [-0.39, 0.29) is 37.1 Å². The average molecular weight is 712 g/mol. The maximum atomic E-state index is 13.4. The lowest BCUT2D eigenvalue weighted by Gasteiger charge is -2.49. The fraction of sp³-hybridized carbons (Fsp3) is 0.865. The molecule has 286 valence electrons. The van der Waals surface area contributed by atoms with Gasteiger partial charge in [0.05, 0.1) is 49.1 Å². The molecule has 3 fully saturated rings. The Morgan fingerprint density at radius 2 is 1.66 bits per heavy atom. The zero-order chi connectivity index (χ0) is 37.1. The first-order valence-electron chi connectivity index (χ1n) is 18.4. The fourth-order valence-corrected chi connectivity index (χ4v) is 7.96. The van der Waals surface area contributed by atoms with Crippen molar-refractivity contribution in [2.24, 2.45) is 23.7 Å². The summed E-state index contributed by atoms with van der Waals surface area (Å²) in [7, 11) is 3.63. The standard InChI is InChI=1S/C37H61NO12/c1-10-28-21(4)35-37(7,50-35)15-13-25(40)19(2)17-24(14-16-39)33(20(3)27(42)18-29(43)47-28)49-36-32(44)31(38(8)9)34(23(6)46-36)48-30-12-11-26(41)22(5)45-30/h13,15-16,19-24,26-28,30-36,41-42,44H,10-12,14,17-18H2,1-9H3/b15-13+/t19-,20+,21-,22?,23-,24+,26?,27-,28-,30?,31-,32-,33?,34-,35+,36+,37+/m1/s1. The first-order chi connectivity index (χ1) is 23.5. The number of cyclic esters (lactones) is 1. The van der Waals surface area contributed by atoms with E-state index in [1.165, 1.54) is 6.08 Å². The second-order valence-corrected chi connectivity index (χ2v) is 15.5. The van der Waals surface area contributed by atoms with Crippen LogP contribution < -0.4 is 0 Å². The van der Waals surface area contributed by atoms with E-state index in [0.29, 0.717) is 19.3 Å². The van der Waals surface area contributed by atoms with Crippen LogP contribution >= 0.6 is 0 Å². The van der Waals surface area contributed by atoms with E-state index < -0.39 is 96.8 Å². The largest absolute Gasteiger partial charge is 0.462 e. The lowest BCUT2D eigenvalue weighted by atomic mass is 9.79. The molecule has 50 heavy (non-hydrogen) atoms. The van der Waals surface area contributed by atoms with Gasteiger partial charge in [-0.25, -0.2) is 0 Å². The molecule has 0 amide bonds. The van der Waals surface area contributed by atoms with Gasteiger partial charge in [0.2, 0.25) is 0 Å². The molecule has 13 heteroatoms. The van der Waals surface area contributed by atoms with Crippen LogP contribution in [0.25, 0.3) is 0 Å². The van der Waals surface area contributed by atoms with Crippen LogP contribution in [0.4, 0.5) is 0 Å². The summed E-state index contributed by atoms with van der Waals surface area (Å²) in [6.45, 7) is 12.9. The van der Waals surface area contributed by atoms with Crippen molar-refractivity contribution < 1.29 is 58.1 Å². The summed E-state index contributed by atoms with van der Waals surface area (Å²) in [5.74, 6) is -2.66. The Morgan fingerprint density at radius 1 is 0.960 bits per heavy atom. The summed E-state index contributed by atoms with van der Waals surface area (Å²) < 4.78 is 37.0. The van der Waals surface area contributed by atoms with Crippen LogP contribution in [0.5, 0.6) is 0 Å². The van der Waals surface area contributed by atoms with E-state index in [0.717, 1.165) is 6.29 Å². The molecular formula is C37H61NO12. The molecule has 4 unspecified atom stereocenters. The number of hydrogen-bond donors (Lipinski definition) is 3. The zero-order valence-corrected chi connectivity index (χ0v) is 31.2. The smallest absolute Gasteiger partial charge is 0.308 e. The number of carbonyl (C=O) groups excluding carboxylic acids is 3. The number of nitrogens with zero attached hydrogens (tertiary/aromatic N) is 1. The predicted octanol–water partition coefficient (Wildman–Crippen LogP) is 2.55. The lowest BCUT2D eigenvalue weighted by molar-refractivity contribution is -0.332. The SMILES string of the molecule is CC[C@H]1OC(=O)C[C@@H](O)[C@H](C)C(O[C@@H]2O[C@H](C)[C@@H](OC3CCC(O)C(C)O3)[C@H](N(C)C)[C@H]2O)[C@@H](CC=O)C[C@@H](C)C(=O)/C=C/[C@]2(C)O[C@H]2[C@@H]1C. The highest BCUT2D eigenvalue weighted by Gasteiger charge is 2.55. The Bertz CT molecular complexity index is 1180. The first-order valence-corrected chi connectivity index (χ1v) is 18.4. The number of aldehydes is 1. The van der Waals surface area contributed by atoms with Gasteiger partial charge in [-0.15, -0.1) is 0 Å². The van der Waals surface area contributed by atoms with Crippen LogP contribution in [-0.4, -0.2) is 132 Å². The van der Waals surface area contributed by atoms with Gasteiger partial charge in [-0.05, 0) is 72.2 Å². The maximum Gasteiger partial charge on any atom is 0.308 e. The molecule has 0 aromatic heterocycles. The van der Waals surface area contributed by atoms with Crippen molar-refractivity contribution in [1.29, 1.82) is 0 Å². The van der Waals surface area contributed by atoms with Crippen molar-refractivity contribution in [3.05, 3.63) is 12.2 Å². The second-order valence-electron chi connectivity index (χ2n) is 15.5. The van der Waals surface area contributed by atoms with E-state index in [2.05, 4.69) is 0 Å². The minimum Gasteiger partial charge on any atom is -0.462 e. The van der Waals surface area contributed by atoms with E-state index >= 15 is 0 Å². The molecule has 4 heterocycles. The van der Waals surface area contributed by atoms with Gasteiger partial charge in [-0.1, -0.05) is 27.7 Å². The third-order valence-electron chi connectivity index (χ3n) is 11.3. The minimum atomic E-state index is -1.23. The molecule has 4 rings (SSSR count). The van der Waals surface area contributed by atoms with Crippen molar-refractivity contribution in [2.45, 2.75) is 166 Å². The number of allylic oxidation sites excluding steroid dienone is 1. The number of esters is 1. The number of ether oxygens (including phenoxy) is 6. The highest BCUT2D eigenvalue weighted by atomic mass is 16.7. The molecule has 17 atom stereocenters. The predicted molar refractivity (Wildman–Crippen MR) is 182 cm³/mol. The highest BCUT2D eigenvalue weighted by Crippen LogP contribution is 2.45. The summed E-state index contributed by atoms with van der Waals surface area (Å²) in [6.07, 6.45) is -2.51. The Morgan fingerprint density at radius 3 is 2.28 bits per heavy atom. The van der Waals surface area contributed by atoms with Gasteiger partial charge in [-0.3, -0.25) is 9.59 Å². The summed E-state index contributed by atoms with van der Waals surface area (Å²) in [4.78, 5) is 40.5. The molecule has 0 bridgehead atoms. The molecule has 0 spiro atoms. The monoisotopic (exact) mass is 711 g/mol. The number of aliphatic hydroxyl groups is 3. The third-order valence-corrected chi connectivity index (χ3v) is 11.3. The number of fused-ring (bicyclic) bond motifs is 1. The molecule has 3 N–H and O–H groups in total. The normalized spacial score (nSPS) is 47.3. The number of carbonyl (C=O) groups is 3. The number of rotatable bonds is 8. The van der Waals surface area contributed by atoms with Crippen LogP contribution in [0.2, 0.25) is 0 Å². The maximum absolute atomic E-state index is 13.4. The molecule has 0 aliphatic carbocycles. The Labute approximate surface area is 296 Å². The third kappa shape index (κ3) is 9.59. The number of hydrogen-bond acceptors (Lipinski definition) is 13.